The molecule has 0 bridgehead atoms. The third-order valence-corrected chi connectivity index (χ3v) is 19.0. The summed E-state index contributed by atoms with van der Waals surface area (Å²) in [6.45, 7) is 1.92. The highest BCUT2D eigenvalue weighted by molar-refractivity contribution is 8.76. The first-order valence-electron chi connectivity index (χ1n) is 28.4. The van der Waals surface area contributed by atoms with E-state index < -0.39 is 183 Å². The van der Waals surface area contributed by atoms with E-state index in [0.717, 1.165) is 33.3 Å². The van der Waals surface area contributed by atoms with Gasteiger partial charge in [-0.1, -0.05) is 33.7 Å². The molecule has 3 aliphatic rings. The summed E-state index contributed by atoms with van der Waals surface area (Å²) in [6, 6.07) is -1.44. The van der Waals surface area contributed by atoms with Gasteiger partial charge in [0, 0.05) is 83.1 Å². The second kappa shape index (κ2) is 34.4. The molecule has 4 amide bonds. The number of aliphatic hydroxyl groups excluding tert-OH is 2. The van der Waals surface area contributed by atoms with Crippen LogP contribution in [0.3, 0.4) is 0 Å². The number of carboxylic acid groups (broad SMARTS) is 1. The van der Waals surface area contributed by atoms with Gasteiger partial charge < -0.3 is 91.7 Å². The van der Waals surface area contributed by atoms with Crippen LogP contribution in [-0.2, 0) is 64.3 Å². The van der Waals surface area contributed by atoms with Crippen molar-refractivity contribution in [2.45, 2.75) is 145 Å². The van der Waals surface area contributed by atoms with E-state index >= 15 is 0 Å². The molecule has 15 N–H and O–H groups in total. The molecule has 0 saturated carbocycles. The number of carbonyl (C=O) groups excluding carboxylic acids is 9. The minimum atomic E-state index is -4.49. The summed E-state index contributed by atoms with van der Waals surface area (Å²) in [5, 5.41) is 83.5. The number of ketones is 3. The minimum Gasteiger partial charge on any atom is -0.748 e. The Kier molecular flexibility index (Phi) is 28.5. The van der Waals surface area contributed by atoms with Gasteiger partial charge in [0.1, 0.15) is 34.9 Å². The molecule has 5 rings (SSSR count). The maximum absolute atomic E-state index is 14.2. The second-order valence-corrected chi connectivity index (χ2v) is 26.5. The van der Waals surface area contributed by atoms with E-state index in [1.165, 1.54) is 46.2 Å². The average molecular weight is 1330 g/mol. The van der Waals surface area contributed by atoms with Gasteiger partial charge >= 0.3 is 5.97 Å². The number of hydrogen-bond donors (Lipinski definition) is 12. The Morgan fingerprint density at radius 1 is 0.899 bits per heavy atom. The van der Waals surface area contributed by atoms with Gasteiger partial charge in [-0.25, -0.2) is 13.8 Å². The van der Waals surface area contributed by atoms with Crippen molar-refractivity contribution in [1.29, 1.82) is 0 Å². The number of aromatic hydroxyl groups is 2. The number of nitrogens with two attached hydrogens (primary N) is 1. The van der Waals surface area contributed by atoms with Gasteiger partial charge in [0.05, 0.1) is 96.2 Å². The number of quaternary nitrogens is 1. The molecule has 1 saturated heterocycles. The van der Waals surface area contributed by atoms with Gasteiger partial charge in [-0.2, -0.15) is 16.9 Å². The van der Waals surface area contributed by atoms with Crippen LogP contribution in [0.2, 0.25) is 0 Å². The molecule has 2 aromatic rings. The van der Waals surface area contributed by atoms with E-state index in [-0.39, 0.29) is 96.1 Å². The predicted octanol–water partition coefficient (Wildman–Crippen LogP) is -3.15. The molecular formula is C55H77N8O22S4-. The van der Waals surface area contributed by atoms with Crippen molar-refractivity contribution in [2.24, 2.45) is 10.8 Å². The fraction of sp³-hybridized carbons (Fsp3) is 0.600. The van der Waals surface area contributed by atoms with Crippen molar-refractivity contribution in [1.82, 2.24) is 26.7 Å². The van der Waals surface area contributed by atoms with Gasteiger partial charge in [0.2, 0.25) is 29.4 Å². The number of nitrogens with zero attached hydrogens (tertiary/aromatic N) is 1. The number of carboxylic acids is 1. The van der Waals surface area contributed by atoms with Crippen LogP contribution in [0.5, 0.6) is 17.2 Å². The number of amides is 4. The molecule has 1 fully saturated rings. The number of phenols is 2. The van der Waals surface area contributed by atoms with Crippen molar-refractivity contribution < 1.29 is 111 Å². The number of Topliss-reactive ketones (excluding diaryl/α,β-unsaturated/α-hetero) is 1. The Labute approximate surface area is 525 Å². The summed E-state index contributed by atoms with van der Waals surface area (Å²) in [7, 11) is 0.296. The van der Waals surface area contributed by atoms with Crippen LogP contribution in [0, 0.1) is 0 Å². The number of benzene rings is 2. The largest absolute Gasteiger partial charge is 0.748 e. The number of fused-ring (bicyclic) bond motifs is 3. The van der Waals surface area contributed by atoms with Gasteiger partial charge in [0.25, 0.3) is 0 Å². The van der Waals surface area contributed by atoms with Crippen LogP contribution in [0.4, 0.5) is 0 Å². The maximum Gasteiger partial charge on any atom is 0.306 e. The number of unbranched alkanes of at least 4 members (excludes halogenated alkanes) is 1. The predicted molar refractivity (Wildman–Crippen MR) is 319 cm³/mol. The van der Waals surface area contributed by atoms with E-state index in [9.17, 15) is 86.8 Å². The van der Waals surface area contributed by atoms with E-state index in [2.05, 4.69) is 37.5 Å². The fourth-order valence-corrected chi connectivity index (χ4v) is 13.6. The molecule has 89 heavy (non-hydrogen) atoms. The highest BCUT2D eigenvalue weighted by Crippen LogP contribution is 2.53. The van der Waals surface area contributed by atoms with Crippen LogP contribution in [0.25, 0.3) is 0 Å². The van der Waals surface area contributed by atoms with Crippen LogP contribution < -0.4 is 48.0 Å². The first kappa shape index (κ1) is 73.7. The number of hydrazone groups is 1. The molecule has 0 radical (unpaired) electrons. The molecular weight excluding hydrogens is 1250 g/mol. The van der Waals surface area contributed by atoms with Crippen molar-refractivity contribution in [3.05, 3.63) is 51.6 Å². The molecule has 0 spiro atoms. The Morgan fingerprint density at radius 3 is 2.21 bits per heavy atom. The minimum absolute atomic E-state index is 0.0148. The zero-order valence-corrected chi connectivity index (χ0v) is 52.7. The molecule has 30 nitrogen and oxygen atoms in total. The van der Waals surface area contributed by atoms with E-state index in [4.69, 9.17) is 24.7 Å². The number of aliphatic hydroxyl groups is 3. The summed E-state index contributed by atoms with van der Waals surface area (Å²) in [4.78, 5) is 119. The zero-order chi connectivity index (χ0) is 65.9. The smallest absolute Gasteiger partial charge is 0.306 e. The number of methoxy groups -OCH3 is 1. The zero-order valence-electron chi connectivity index (χ0n) is 49.4. The number of aliphatic carboxylic acids is 1. The fourth-order valence-electron chi connectivity index (χ4n) is 9.97. The maximum atomic E-state index is 14.2. The number of nitrogens with one attached hydrogen (secondary N) is 5. The molecule has 494 valence electrons. The lowest BCUT2D eigenvalue weighted by molar-refractivity contribution is -0.368. The van der Waals surface area contributed by atoms with E-state index in [1.54, 1.807) is 0 Å². The Hall–Kier alpha value is -6.02. The average Bonchev–Trinajstić information content (AvgIpc) is 0.725. The lowest BCUT2D eigenvalue weighted by Crippen LogP contribution is -2.58. The van der Waals surface area contributed by atoms with Crippen molar-refractivity contribution in [3.63, 3.8) is 0 Å². The molecule has 2 aliphatic carbocycles. The second-order valence-electron chi connectivity index (χ2n) is 21.2. The molecule has 0 aromatic heterocycles. The molecule has 1 aliphatic heterocycles. The van der Waals surface area contributed by atoms with E-state index in [0.29, 0.717) is 19.4 Å². The number of esters is 1. The summed E-state index contributed by atoms with van der Waals surface area (Å²) in [6.07, 6.45) is -6.23. The highest BCUT2D eigenvalue weighted by atomic mass is 33.1. The van der Waals surface area contributed by atoms with Gasteiger partial charge in [-0.05, 0) is 65.5 Å². The Morgan fingerprint density at radius 2 is 1.57 bits per heavy atom. The molecule has 1 heterocycles. The van der Waals surface area contributed by atoms with Crippen LogP contribution in [0.15, 0.2) is 23.3 Å². The van der Waals surface area contributed by atoms with Crippen molar-refractivity contribution in [2.75, 3.05) is 62.7 Å². The number of ether oxygens (including phenoxy) is 4. The number of hydrogen-bond acceptors (Lipinski definition) is 28. The molecule has 10 atom stereocenters. The first-order valence-corrected chi connectivity index (χ1v) is 33.6. The van der Waals surface area contributed by atoms with Crippen LogP contribution in [0.1, 0.15) is 127 Å². The summed E-state index contributed by atoms with van der Waals surface area (Å²) >= 11 is 1.10. The van der Waals surface area contributed by atoms with E-state index in [1.807, 2.05) is 0 Å². The topological polar surface area (TPSA) is 498 Å². The Balaban J connectivity index is 1.32. The quantitative estimate of drug-likeness (QED) is 0.00520. The van der Waals surface area contributed by atoms with Gasteiger partial charge in [-0.3, -0.25) is 38.4 Å². The molecule has 34 heteroatoms. The monoisotopic (exact) mass is 1330 g/mol. The summed E-state index contributed by atoms with van der Waals surface area (Å²) in [5.41, 5.74) is 7.56. The molecule has 2 aromatic carbocycles. The first-order chi connectivity index (χ1) is 42.1. The SMILES string of the molecule is CNC(CCC(=O)[O-])C(=O)NC(CCCC[NH3+])C(=O)NC(CSSCCC(=O)N/N=C(/CO)[C@]1(O)Cc2c(O)c3c(c(O)c2[C@@H](OC2C[C@H](N)C(O)[C@H](C)O2)C1)C(=O)c1c(OC)cccc1C3=O)C(=O)NC(CSCCC(=O)OCCCS(=O)(=O)[O-])C(C)=O. The van der Waals surface area contributed by atoms with Crippen LogP contribution in [-0.4, -0.2) is 214 Å². The van der Waals surface area contributed by atoms with Gasteiger partial charge in [0.15, 0.2) is 17.9 Å². The number of rotatable bonds is 36. The third-order valence-electron chi connectivity index (χ3n) is 14.8. The van der Waals surface area contributed by atoms with Crippen molar-refractivity contribution in [3.8, 4) is 17.2 Å². The molecule has 6 unspecified atom stereocenters. The van der Waals surface area contributed by atoms with Crippen LogP contribution >= 0.6 is 33.3 Å². The number of phenolic OH excluding ortho intramolecular Hbond substituents is 2. The van der Waals surface area contributed by atoms with Gasteiger partial charge in [-0.15, -0.1) is 0 Å². The number of thioether (sulfide) groups is 1. The lowest BCUT2D eigenvalue weighted by atomic mass is 9.71. The standard InChI is InChI=1S/C55H78N8O22S4/c1-27(65)34(25-86-18-15-41(69)83-17-8-20-89(79,80)81)60-54(77)35(61-53(76)33(10-5-6-16-56)59-52(75)32(58-3)12-13-40(67)68)26-88-87-19-14-39(66)63-62-38(24-64)55(78)22-30-44(37(23-55)85-42-21-31(57)47(70)28(2)84-42)51(74)46-45(49(30)72)48(71)29-9-7-11-36(82-4)43(29)50(46)73/h7,9,11,28,31-35,37,42,47,58,64,70,72,74,78H,5-6,8,10,12-26,56-57H2,1-4H3,(H,59,75)(H,60,77)(H,61,76)(H,63,66)(H,67,68)(H,79,80,81)/p-1/b62-38-/t28-,31-,32?,33?,34?,35?,37-,42?,47?,55-/m0/s1. The summed E-state index contributed by atoms with van der Waals surface area (Å²) < 4.78 is 55.0. The Bertz CT molecular complexity index is 3060. The normalized spacial score (nSPS) is 21.2. The number of carbonyl (C=O) groups is 9. The lowest BCUT2D eigenvalue weighted by Gasteiger charge is -2.43. The number of likely N-dealkylation sites (N-methyl/N-ethyl adjacent to an activating group) is 1. The van der Waals surface area contributed by atoms with Crippen molar-refractivity contribution >= 4 is 102 Å². The third kappa shape index (κ3) is 20.5. The highest BCUT2D eigenvalue weighted by Gasteiger charge is 2.50. The summed E-state index contributed by atoms with van der Waals surface area (Å²) in [5.74, 6) is -9.77.